The summed E-state index contributed by atoms with van der Waals surface area (Å²) in [5, 5.41) is 2.95. The highest BCUT2D eigenvalue weighted by molar-refractivity contribution is 9.10. The molecule has 94 valence electrons. The number of rotatable bonds is 2. The van der Waals surface area contributed by atoms with E-state index in [1.807, 2.05) is 24.3 Å². The summed E-state index contributed by atoms with van der Waals surface area (Å²) in [6, 6.07) is 7.72. The minimum Gasteiger partial charge on any atom is -0.339 e. The van der Waals surface area contributed by atoms with Crippen LogP contribution in [-0.2, 0) is 15.1 Å². The molecule has 1 N–H and O–H groups in total. The first kappa shape index (κ1) is 11.9. The SMILES string of the molecule is O=C1CC(=O)[C@@](c2ccc(Br)cc2)(C2CCC2)N1. The molecule has 1 aliphatic carbocycles. The monoisotopic (exact) mass is 307 g/mol. The van der Waals surface area contributed by atoms with Crippen LogP contribution >= 0.6 is 15.9 Å². The Morgan fingerprint density at radius 3 is 2.28 bits per heavy atom. The molecule has 4 heteroatoms. The van der Waals surface area contributed by atoms with Crippen molar-refractivity contribution >= 4 is 27.6 Å². The molecule has 1 heterocycles. The fraction of sp³-hybridized carbons (Fsp3) is 0.429. The van der Waals surface area contributed by atoms with E-state index in [1.54, 1.807) is 0 Å². The highest BCUT2D eigenvalue weighted by Gasteiger charge is 2.53. The standard InChI is InChI=1S/C14H14BrNO2/c15-11-6-4-10(5-7-11)14(9-2-1-3-9)12(17)8-13(18)16-14/h4-7,9H,1-3,8H2,(H,16,18)/t14-/m0/s1. The van der Waals surface area contributed by atoms with Gasteiger partial charge in [0, 0.05) is 4.47 Å². The number of benzene rings is 1. The molecule has 2 aliphatic rings. The first-order chi connectivity index (χ1) is 8.63. The summed E-state index contributed by atoms with van der Waals surface area (Å²) >= 11 is 3.39. The van der Waals surface area contributed by atoms with Crippen LogP contribution in [0.3, 0.4) is 0 Å². The lowest BCUT2D eigenvalue weighted by atomic mass is 9.66. The molecule has 0 spiro atoms. The molecule has 1 aliphatic heterocycles. The molecule has 3 rings (SSSR count). The van der Waals surface area contributed by atoms with E-state index < -0.39 is 5.54 Å². The quantitative estimate of drug-likeness (QED) is 0.854. The largest absolute Gasteiger partial charge is 0.339 e. The smallest absolute Gasteiger partial charge is 0.228 e. The Morgan fingerprint density at radius 1 is 1.17 bits per heavy atom. The van der Waals surface area contributed by atoms with Crippen molar-refractivity contribution in [1.29, 1.82) is 0 Å². The molecule has 1 saturated carbocycles. The molecule has 0 unspecified atom stereocenters. The van der Waals surface area contributed by atoms with Gasteiger partial charge in [0.25, 0.3) is 0 Å². The Morgan fingerprint density at radius 2 is 1.83 bits per heavy atom. The lowest BCUT2D eigenvalue weighted by molar-refractivity contribution is -0.126. The Kier molecular flexibility index (Phi) is 2.77. The van der Waals surface area contributed by atoms with Crippen LogP contribution in [-0.4, -0.2) is 11.7 Å². The van der Waals surface area contributed by atoms with E-state index in [0.29, 0.717) is 0 Å². The topological polar surface area (TPSA) is 46.2 Å². The van der Waals surface area contributed by atoms with Crippen LogP contribution in [0.5, 0.6) is 0 Å². The van der Waals surface area contributed by atoms with E-state index in [2.05, 4.69) is 21.2 Å². The van der Waals surface area contributed by atoms with Crippen molar-refractivity contribution in [2.24, 2.45) is 5.92 Å². The summed E-state index contributed by atoms with van der Waals surface area (Å²) in [5.74, 6) is 0.145. The van der Waals surface area contributed by atoms with Crippen LogP contribution in [0.15, 0.2) is 28.7 Å². The van der Waals surface area contributed by atoms with Crippen LogP contribution < -0.4 is 5.32 Å². The van der Waals surface area contributed by atoms with Gasteiger partial charge < -0.3 is 5.32 Å². The third-order valence-electron chi connectivity index (χ3n) is 4.11. The molecule has 18 heavy (non-hydrogen) atoms. The third kappa shape index (κ3) is 1.62. The van der Waals surface area contributed by atoms with Gasteiger partial charge in [-0.3, -0.25) is 9.59 Å². The summed E-state index contributed by atoms with van der Waals surface area (Å²) in [6.07, 6.45) is 3.20. The van der Waals surface area contributed by atoms with Crippen molar-refractivity contribution in [2.75, 3.05) is 0 Å². The highest BCUT2D eigenvalue weighted by atomic mass is 79.9. The predicted molar refractivity (Wildman–Crippen MR) is 70.9 cm³/mol. The molecule has 3 nitrogen and oxygen atoms in total. The number of Topliss-reactive ketones (excluding diaryl/α,β-unsaturated/α-hetero) is 1. The van der Waals surface area contributed by atoms with E-state index in [1.165, 1.54) is 0 Å². The molecule has 1 aromatic carbocycles. The molecule has 2 fully saturated rings. The molecule has 1 aromatic rings. The van der Waals surface area contributed by atoms with Crippen molar-refractivity contribution in [2.45, 2.75) is 31.2 Å². The Labute approximate surface area is 114 Å². The number of carbonyl (C=O) groups excluding carboxylic acids is 2. The van der Waals surface area contributed by atoms with Gasteiger partial charge in [0.15, 0.2) is 5.78 Å². The number of hydrogen-bond donors (Lipinski definition) is 1. The average molecular weight is 308 g/mol. The van der Waals surface area contributed by atoms with E-state index in [9.17, 15) is 9.59 Å². The van der Waals surface area contributed by atoms with Crippen LogP contribution in [0.2, 0.25) is 0 Å². The maximum absolute atomic E-state index is 12.3. The van der Waals surface area contributed by atoms with Gasteiger partial charge in [-0.05, 0) is 36.5 Å². The van der Waals surface area contributed by atoms with Gasteiger partial charge in [-0.25, -0.2) is 0 Å². The summed E-state index contributed by atoms with van der Waals surface area (Å²) in [5.41, 5.74) is 0.169. The molecule has 0 radical (unpaired) electrons. The average Bonchev–Trinajstić information content (AvgIpc) is 2.53. The van der Waals surface area contributed by atoms with E-state index in [-0.39, 0.29) is 24.0 Å². The van der Waals surface area contributed by atoms with Crippen LogP contribution in [0.1, 0.15) is 31.2 Å². The lowest BCUT2D eigenvalue weighted by Gasteiger charge is -2.41. The van der Waals surface area contributed by atoms with Crippen molar-refractivity contribution < 1.29 is 9.59 Å². The zero-order valence-corrected chi connectivity index (χ0v) is 11.5. The zero-order chi connectivity index (χ0) is 12.8. The molecule has 0 aromatic heterocycles. The van der Waals surface area contributed by atoms with Gasteiger partial charge in [0.1, 0.15) is 5.54 Å². The van der Waals surface area contributed by atoms with Crippen LogP contribution in [0, 0.1) is 5.92 Å². The molecule has 0 bridgehead atoms. The summed E-state index contributed by atoms with van der Waals surface area (Å²) in [7, 11) is 0. The van der Waals surface area contributed by atoms with Crippen LogP contribution in [0.4, 0.5) is 0 Å². The number of carbonyl (C=O) groups is 2. The Balaban J connectivity index is 2.07. The number of hydrogen-bond acceptors (Lipinski definition) is 2. The number of nitrogens with one attached hydrogen (secondary N) is 1. The van der Waals surface area contributed by atoms with Crippen molar-refractivity contribution in [3.05, 3.63) is 34.3 Å². The van der Waals surface area contributed by atoms with Gasteiger partial charge in [0.05, 0.1) is 6.42 Å². The van der Waals surface area contributed by atoms with Crippen molar-refractivity contribution in [1.82, 2.24) is 5.32 Å². The number of ketones is 1. The maximum atomic E-state index is 12.3. The van der Waals surface area contributed by atoms with Gasteiger partial charge in [-0.15, -0.1) is 0 Å². The van der Waals surface area contributed by atoms with E-state index in [0.717, 1.165) is 29.3 Å². The van der Waals surface area contributed by atoms with E-state index >= 15 is 0 Å². The summed E-state index contributed by atoms with van der Waals surface area (Å²) in [4.78, 5) is 23.9. The first-order valence-electron chi connectivity index (χ1n) is 6.23. The Bertz CT molecular complexity index is 507. The summed E-state index contributed by atoms with van der Waals surface area (Å²) < 4.78 is 0.979. The minimum atomic E-state index is -0.754. The second kappa shape index (κ2) is 4.19. The Hall–Kier alpha value is -1.16. The second-order valence-corrected chi connectivity index (χ2v) is 6.01. The van der Waals surface area contributed by atoms with Gasteiger partial charge in [-0.2, -0.15) is 0 Å². The number of halogens is 1. The third-order valence-corrected chi connectivity index (χ3v) is 4.64. The molecule has 1 saturated heterocycles. The van der Waals surface area contributed by atoms with E-state index in [4.69, 9.17) is 0 Å². The summed E-state index contributed by atoms with van der Waals surface area (Å²) in [6.45, 7) is 0. The highest BCUT2D eigenvalue weighted by Crippen LogP contribution is 2.45. The van der Waals surface area contributed by atoms with Crippen molar-refractivity contribution in [3.8, 4) is 0 Å². The van der Waals surface area contributed by atoms with Gasteiger partial charge >= 0.3 is 0 Å². The number of amides is 1. The molecular weight excluding hydrogens is 294 g/mol. The first-order valence-corrected chi connectivity index (χ1v) is 7.02. The van der Waals surface area contributed by atoms with Crippen molar-refractivity contribution in [3.63, 3.8) is 0 Å². The second-order valence-electron chi connectivity index (χ2n) is 5.09. The van der Waals surface area contributed by atoms with Gasteiger partial charge in [-0.1, -0.05) is 34.5 Å². The fourth-order valence-electron chi connectivity index (χ4n) is 2.97. The maximum Gasteiger partial charge on any atom is 0.228 e. The van der Waals surface area contributed by atoms with Gasteiger partial charge in [0.2, 0.25) is 5.91 Å². The van der Waals surface area contributed by atoms with Crippen LogP contribution in [0.25, 0.3) is 0 Å². The molecule has 1 atom stereocenters. The minimum absolute atomic E-state index is 0.0204. The predicted octanol–water partition coefficient (Wildman–Crippen LogP) is 2.53. The zero-order valence-electron chi connectivity index (χ0n) is 9.91. The molecule has 1 amide bonds. The molecular formula is C14H14BrNO2. The fourth-order valence-corrected chi connectivity index (χ4v) is 3.24. The lowest BCUT2D eigenvalue weighted by Crippen LogP contribution is -2.52. The normalized spacial score (nSPS) is 28.1.